The highest BCUT2D eigenvalue weighted by molar-refractivity contribution is 6.06. The zero-order chi connectivity index (χ0) is 23.0. The van der Waals surface area contributed by atoms with E-state index >= 15 is 0 Å². The lowest BCUT2D eigenvalue weighted by molar-refractivity contribution is -0.152. The Bertz CT molecular complexity index is 1090. The summed E-state index contributed by atoms with van der Waals surface area (Å²) in [5.74, 6) is -11.1. The first-order chi connectivity index (χ1) is 14.5. The summed E-state index contributed by atoms with van der Waals surface area (Å²) in [7, 11) is 0. The summed E-state index contributed by atoms with van der Waals surface area (Å²) < 4.78 is 4.65. The van der Waals surface area contributed by atoms with Crippen molar-refractivity contribution in [2.75, 3.05) is 0 Å². The minimum atomic E-state index is -1.58. The van der Waals surface area contributed by atoms with Crippen molar-refractivity contribution in [3.05, 3.63) is 69.8 Å². The van der Waals surface area contributed by atoms with Crippen LogP contribution in [0.4, 0.5) is 0 Å². The van der Waals surface area contributed by atoms with Crippen LogP contribution in [0.15, 0.2) is 36.4 Å². The summed E-state index contributed by atoms with van der Waals surface area (Å²) in [5, 5.41) is 36.9. The van der Waals surface area contributed by atoms with Crippen molar-refractivity contribution in [1.82, 2.24) is 0 Å². The molecule has 1 fully saturated rings. The molecule has 2 aromatic rings. The number of hydrogen-bond acceptors (Lipinski definition) is 7. The second-order valence-electron chi connectivity index (χ2n) is 6.53. The maximum absolute atomic E-state index is 12.3. The van der Waals surface area contributed by atoms with Crippen LogP contribution in [0.25, 0.3) is 0 Å². The standard InChI is InChI=1S/C20H12O11/c21-15(22)9-3-1-7(5-11(9)17(25)26)13-14(20(30)31-19(13)29)8-2-4-10(16(23)24)12(6-8)18(27)28/h1-6,13-14H,(H,21,22)(H,23,24)(H,25,26)(H,27,28). The van der Waals surface area contributed by atoms with Crippen LogP contribution < -0.4 is 0 Å². The third-order valence-electron chi connectivity index (χ3n) is 4.77. The number of rotatable bonds is 6. The monoisotopic (exact) mass is 428 g/mol. The Labute approximate surface area is 172 Å². The molecule has 1 heterocycles. The quantitative estimate of drug-likeness (QED) is 0.384. The summed E-state index contributed by atoms with van der Waals surface area (Å²) in [6, 6.07) is 6.07. The van der Waals surface area contributed by atoms with Crippen molar-refractivity contribution in [3.8, 4) is 0 Å². The number of carboxylic acids is 4. The van der Waals surface area contributed by atoms with Gasteiger partial charge in [0.15, 0.2) is 0 Å². The van der Waals surface area contributed by atoms with Gasteiger partial charge in [-0.05, 0) is 35.4 Å². The molecular formula is C20H12O11. The van der Waals surface area contributed by atoms with Crippen LogP contribution in [-0.2, 0) is 14.3 Å². The molecule has 2 unspecified atom stereocenters. The molecule has 158 valence electrons. The van der Waals surface area contributed by atoms with Crippen LogP contribution >= 0.6 is 0 Å². The van der Waals surface area contributed by atoms with Gasteiger partial charge in [0.2, 0.25) is 0 Å². The summed E-state index contributed by atoms with van der Waals surface area (Å²) in [5.41, 5.74) is -2.40. The Morgan fingerprint density at radius 2 is 0.903 bits per heavy atom. The number of hydrogen-bond donors (Lipinski definition) is 4. The first kappa shape index (κ1) is 21.2. The van der Waals surface area contributed by atoms with Gasteiger partial charge in [0.1, 0.15) is 0 Å². The predicted octanol–water partition coefficient (Wildman–Crippen LogP) is 1.43. The molecule has 0 spiro atoms. The molecule has 0 aromatic heterocycles. The van der Waals surface area contributed by atoms with Gasteiger partial charge in [-0.2, -0.15) is 0 Å². The molecule has 31 heavy (non-hydrogen) atoms. The molecule has 1 aliphatic rings. The van der Waals surface area contributed by atoms with Gasteiger partial charge in [-0.1, -0.05) is 12.1 Å². The van der Waals surface area contributed by atoms with Gasteiger partial charge in [0.25, 0.3) is 0 Å². The van der Waals surface area contributed by atoms with Crippen LogP contribution in [0.1, 0.15) is 64.4 Å². The Morgan fingerprint density at radius 3 is 1.19 bits per heavy atom. The average molecular weight is 428 g/mol. The molecule has 1 aliphatic heterocycles. The van der Waals surface area contributed by atoms with E-state index in [2.05, 4.69) is 4.74 Å². The highest BCUT2D eigenvalue weighted by atomic mass is 16.6. The van der Waals surface area contributed by atoms with Crippen LogP contribution in [0.2, 0.25) is 0 Å². The molecular weight excluding hydrogens is 416 g/mol. The normalized spacial score (nSPS) is 17.8. The van der Waals surface area contributed by atoms with E-state index in [0.717, 1.165) is 36.4 Å². The van der Waals surface area contributed by atoms with Crippen LogP contribution in [0.5, 0.6) is 0 Å². The van der Waals surface area contributed by atoms with Crippen molar-refractivity contribution in [2.24, 2.45) is 0 Å². The number of esters is 2. The molecule has 0 aliphatic carbocycles. The number of carbonyl (C=O) groups is 6. The van der Waals surface area contributed by atoms with E-state index < -0.39 is 69.9 Å². The Hall–Kier alpha value is -4.54. The fourth-order valence-electron chi connectivity index (χ4n) is 3.39. The average Bonchev–Trinajstić information content (AvgIpc) is 3.00. The smallest absolute Gasteiger partial charge is 0.336 e. The first-order valence-corrected chi connectivity index (χ1v) is 8.49. The predicted molar refractivity (Wildman–Crippen MR) is 97.3 cm³/mol. The van der Waals surface area contributed by atoms with Gasteiger partial charge >= 0.3 is 35.8 Å². The lowest BCUT2D eigenvalue weighted by atomic mass is 9.81. The van der Waals surface area contributed by atoms with E-state index in [9.17, 15) is 39.0 Å². The number of carboxylic acid groups (broad SMARTS) is 4. The van der Waals surface area contributed by atoms with Crippen molar-refractivity contribution in [2.45, 2.75) is 11.8 Å². The minimum absolute atomic E-state index is 0.0394. The molecule has 3 rings (SSSR count). The zero-order valence-electron chi connectivity index (χ0n) is 15.3. The van der Waals surface area contributed by atoms with E-state index in [1.54, 1.807) is 0 Å². The van der Waals surface area contributed by atoms with E-state index in [4.69, 9.17) is 10.2 Å². The highest BCUT2D eigenvalue weighted by Gasteiger charge is 2.47. The molecule has 11 heteroatoms. The van der Waals surface area contributed by atoms with Gasteiger partial charge in [-0.25, -0.2) is 19.2 Å². The van der Waals surface area contributed by atoms with Gasteiger partial charge in [0.05, 0.1) is 34.1 Å². The van der Waals surface area contributed by atoms with Gasteiger partial charge in [-0.3, -0.25) is 9.59 Å². The SMILES string of the molecule is O=C(O)c1ccc(C2C(=O)OC(=O)C2c2ccc(C(=O)O)c(C(=O)O)c2)cc1C(=O)O. The van der Waals surface area contributed by atoms with Crippen LogP contribution in [0, 0.1) is 0 Å². The summed E-state index contributed by atoms with van der Waals surface area (Å²) in [6.45, 7) is 0. The Kier molecular flexibility index (Phi) is 5.26. The van der Waals surface area contributed by atoms with Gasteiger partial charge in [-0.15, -0.1) is 0 Å². The molecule has 2 atom stereocenters. The zero-order valence-corrected chi connectivity index (χ0v) is 15.3. The van der Waals surface area contributed by atoms with E-state index in [0.29, 0.717) is 0 Å². The second-order valence-corrected chi connectivity index (χ2v) is 6.53. The van der Waals surface area contributed by atoms with Crippen molar-refractivity contribution in [1.29, 1.82) is 0 Å². The molecule has 11 nitrogen and oxygen atoms in total. The second kappa shape index (κ2) is 7.71. The fourth-order valence-corrected chi connectivity index (χ4v) is 3.39. The van der Waals surface area contributed by atoms with Crippen molar-refractivity contribution in [3.63, 3.8) is 0 Å². The lowest BCUT2D eigenvalue weighted by Gasteiger charge is -2.16. The van der Waals surface area contributed by atoms with Crippen molar-refractivity contribution >= 4 is 35.8 Å². The summed E-state index contributed by atoms with van der Waals surface area (Å²) >= 11 is 0. The molecule has 0 amide bonds. The summed E-state index contributed by atoms with van der Waals surface area (Å²) in [4.78, 5) is 70.1. The van der Waals surface area contributed by atoms with E-state index in [-0.39, 0.29) is 11.1 Å². The number of aromatic carboxylic acids is 4. The van der Waals surface area contributed by atoms with Crippen molar-refractivity contribution < 1.29 is 53.9 Å². The molecule has 0 saturated carbocycles. The Morgan fingerprint density at radius 1 is 0.581 bits per heavy atom. The molecule has 1 saturated heterocycles. The Balaban J connectivity index is 2.16. The third-order valence-corrected chi connectivity index (χ3v) is 4.77. The lowest BCUT2D eigenvalue weighted by Crippen LogP contribution is -2.18. The summed E-state index contributed by atoms with van der Waals surface area (Å²) in [6.07, 6.45) is 0. The fraction of sp³-hybridized carbons (Fsp3) is 0.100. The highest BCUT2D eigenvalue weighted by Crippen LogP contribution is 2.41. The molecule has 0 bridgehead atoms. The third kappa shape index (κ3) is 3.71. The van der Waals surface area contributed by atoms with Gasteiger partial charge < -0.3 is 25.2 Å². The topological polar surface area (TPSA) is 193 Å². The molecule has 0 radical (unpaired) electrons. The number of benzene rings is 2. The maximum atomic E-state index is 12.3. The van der Waals surface area contributed by atoms with Crippen LogP contribution in [-0.4, -0.2) is 56.2 Å². The maximum Gasteiger partial charge on any atom is 0.336 e. The largest absolute Gasteiger partial charge is 0.478 e. The van der Waals surface area contributed by atoms with E-state index in [1.807, 2.05) is 0 Å². The number of carbonyl (C=O) groups excluding carboxylic acids is 2. The first-order valence-electron chi connectivity index (χ1n) is 8.49. The number of ether oxygens (including phenoxy) is 1. The molecule has 2 aromatic carbocycles. The molecule has 4 N–H and O–H groups in total. The van der Waals surface area contributed by atoms with Gasteiger partial charge in [0, 0.05) is 0 Å². The van der Waals surface area contributed by atoms with Crippen LogP contribution in [0.3, 0.4) is 0 Å². The number of cyclic esters (lactones) is 2. The van der Waals surface area contributed by atoms with E-state index in [1.165, 1.54) is 0 Å². The minimum Gasteiger partial charge on any atom is -0.478 e.